The van der Waals surface area contributed by atoms with E-state index >= 15 is 0 Å². The van der Waals surface area contributed by atoms with E-state index in [2.05, 4.69) is 23.4 Å². The van der Waals surface area contributed by atoms with Crippen molar-refractivity contribution in [2.75, 3.05) is 5.73 Å². The zero-order chi connectivity index (χ0) is 11.8. The van der Waals surface area contributed by atoms with Gasteiger partial charge in [0.1, 0.15) is 5.69 Å². The summed E-state index contributed by atoms with van der Waals surface area (Å²) in [7, 11) is 0. The highest BCUT2D eigenvalue weighted by Gasteiger charge is 2.13. The van der Waals surface area contributed by atoms with Gasteiger partial charge in [-0.05, 0) is 17.7 Å². The molecule has 0 fully saturated rings. The van der Waals surface area contributed by atoms with Crippen molar-refractivity contribution in [3.8, 4) is 11.3 Å². The summed E-state index contributed by atoms with van der Waals surface area (Å²) in [5, 5.41) is 6.38. The molecule has 0 amide bonds. The van der Waals surface area contributed by atoms with Gasteiger partial charge in [-0.3, -0.25) is 0 Å². The summed E-state index contributed by atoms with van der Waals surface area (Å²) in [5.74, 6) is 0.382. The Labute approximate surface area is 98.8 Å². The summed E-state index contributed by atoms with van der Waals surface area (Å²) in [6.45, 7) is 1.92. The van der Waals surface area contributed by atoms with E-state index in [1.165, 1.54) is 5.39 Å². The third kappa shape index (κ3) is 1.47. The number of nitrogens with two attached hydrogens (primary N) is 1. The van der Waals surface area contributed by atoms with Crippen molar-refractivity contribution in [3.05, 3.63) is 48.0 Å². The van der Waals surface area contributed by atoms with Crippen LogP contribution in [0, 0.1) is 6.92 Å². The quantitative estimate of drug-likeness (QED) is 0.689. The molecule has 0 saturated carbocycles. The fourth-order valence-corrected chi connectivity index (χ4v) is 2.03. The van der Waals surface area contributed by atoms with Gasteiger partial charge in [0, 0.05) is 11.1 Å². The molecule has 3 heteroatoms. The molecule has 0 aliphatic carbocycles. The maximum Gasteiger partial charge on any atom is 0.225 e. The molecule has 84 valence electrons. The minimum absolute atomic E-state index is 0.382. The number of rotatable bonds is 1. The van der Waals surface area contributed by atoms with E-state index in [4.69, 9.17) is 10.3 Å². The molecule has 0 saturated heterocycles. The summed E-state index contributed by atoms with van der Waals surface area (Å²) in [4.78, 5) is 0. The number of hydrogen-bond donors (Lipinski definition) is 1. The van der Waals surface area contributed by atoms with Crippen LogP contribution in [0.4, 0.5) is 5.88 Å². The molecule has 3 rings (SSSR count). The van der Waals surface area contributed by atoms with E-state index in [0.717, 1.165) is 22.2 Å². The predicted molar refractivity (Wildman–Crippen MR) is 68.6 cm³/mol. The van der Waals surface area contributed by atoms with Crippen molar-refractivity contribution in [1.29, 1.82) is 0 Å². The van der Waals surface area contributed by atoms with E-state index in [0.29, 0.717) is 5.88 Å². The zero-order valence-electron chi connectivity index (χ0n) is 9.47. The van der Waals surface area contributed by atoms with Crippen molar-refractivity contribution < 1.29 is 4.52 Å². The SMILES string of the molecule is Cc1c(-c2cccc3ccccc23)noc1N. The monoisotopic (exact) mass is 224 g/mol. The van der Waals surface area contributed by atoms with Crippen LogP contribution in [0.15, 0.2) is 47.0 Å². The number of hydrogen-bond acceptors (Lipinski definition) is 3. The second kappa shape index (κ2) is 3.63. The molecule has 0 spiro atoms. The molecule has 0 unspecified atom stereocenters. The van der Waals surface area contributed by atoms with Gasteiger partial charge in [0.05, 0.1) is 0 Å². The first-order valence-electron chi connectivity index (χ1n) is 5.47. The van der Waals surface area contributed by atoms with Crippen LogP contribution in [0.3, 0.4) is 0 Å². The van der Waals surface area contributed by atoms with Crippen molar-refractivity contribution in [1.82, 2.24) is 5.16 Å². The van der Waals surface area contributed by atoms with Gasteiger partial charge in [0.2, 0.25) is 5.88 Å². The fourth-order valence-electron chi connectivity index (χ4n) is 2.03. The largest absolute Gasteiger partial charge is 0.367 e. The molecule has 3 nitrogen and oxygen atoms in total. The van der Waals surface area contributed by atoms with E-state index in [9.17, 15) is 0 Å². The summed E-state index contributed by atoms with van der Waals surface area (Å²) in [6.07, 6.45) is 0. The molecule has 17 heavy (non-hydrogen) atoms. The third-order valence-electron chi connectivity index (χ3n) is 3.00. The third-order valence-corrected chi connectivity index (χ3v) is 3.00. The normalized spacial score (nSPS) is 10.9. The van der Waals surface area contributed by atoms with E-state index in [-0.39, 0.29) is 0 Å². The van der Waals surface area contributed by atoms with Gasteiger partial charge in [-0.25, -0.2) is 0 Å². The molecule has 0 aliphatic heterocycles. The van der Waals surface area contributed by atoms with Crippen LogP contribution in [0.5, 0.6) is 0 Å². The summed E-state index contributed by atoms with van der Waals surface area (Å²) in [5.41, 5.74) is 8.46. The zero-order valence-corrected chi connectivity index (χ0v) is 9.47. The minimum atomic E-state index is 0.382. The topological polar surface area (TPSA) is 52.0 Å². The van der Waals surface area contributed by atoms with E-state index < -0.39 is 0 Å². The Morgan fingerprint density at radius 3 is 2.59 bits per heavy atom. The Morgan fingerprint density at radius 1 is 1.06 bits per heavy atom. The minimum Gasteiger partial charge on any atom is -0.367 e. The number of nitrogen functional groups attached to an aromatic ring is 1. The molecule has 1 heterocycles. The Balaban J connectivity index is 2.34. The second-order valence-electron chi connectivity index (χ2n) is 4.05. The van der Waals surface area contributed by atoms with Crippen LogP contribution >= 0.6 is 0 Å². The van der Waals surface area contributed by atoms with Gasteiger partial charge in [0.15, 0.2) is 0 Å². The van der Waals surface area contributed by atoms with Crippen LogP contribution in [0.1, 0.15) is 5.56 Å². The van der Waals surface area contributed by atoms with Gasteiger partial charge in [-0.2, -0.15) is 0 Å². The molecule has 2 N–H and O–H groups in total. The van der Waals surface area contributed by atoms with Gasteiger partial charge >= 0.3 is 0 Å². The Kier molecular flexibility index (Phi) is 2.11. The van der Waals surface area contributed by atoms with Gasteiger partial charge in [-0.1, -0.05) is 47.6 Å². The van der Waals surface area contributed by atoms with Crippen molar-refractivity contribution in [2.45, 2.75) is 6.92 Å². The van der Waals surface area contributed by atoms with Gasteiger partial charge in [-0.15, -0.1) is 0 Å². The number of aromatic nitrogens is 1. The maximum atomic E-state index is 5.69. The lowest BCUT2D eigenvalue weighted by Crippen LogP contribution is -1.86. The average molecular weight is 224 g/mol. The average Bonchev–Trinajstić information content (AvgIpc) is 2.69. The molecule has 0 radical (unpaired) electrons. The van der Waals surface area contributed by atoms with Gasteiger partial charge in [0.25, 0.3) is 0 Å². The maximum absolute atomic E-state index is 5.69. The second-order valence-corrected chi connectivity index (χ2v) is 4.05. The van der Waals surface area contributed by atoms with Crippen LogP contribution in [-0.4, -0.2) is 5.16 Å². The Morgan fingerprint density at radius 2 is 1.82 bits per heavy atom. The van der Waals surface area contributed by atoms with Gasteiger partial charge < -0.3 is 10.3 Å². The molecule has 3 aromatic rings. The first-order chi connectivity index (χ1) is 8.27. The lowest BCUT2D eigenvalue weighted by molar-refractivity contribution is 0.439. The molecule has 0 aliphatic rings. The number of benzene rings is 2. The lowest BCUT2D eigenvalue weighted by Gasteiger charge is -2.03. The standard InChI is InChI=1S/C14H12N2O/c1-9-13(16-17-14(9)15)12-8-4-6-10-5-2-3-7-11(10)12/h2-8H,15H2,1H3. The van der Waals surface area contributed by atoms with E-state index in [1.807, 2.05) is 31.2 Å². The molecular weight excluding hydrogens is 212 g/mol. The molecule has 2 aromatic carbocycles. The van der Waals surface area contributed by atoms with Crippen LogP contribution in [0.25, 0.3) is 22.0 Å². The van der Waals surface area contributed by atoms with Crippen molar-refractivity contribution in [3.63, 3.8) is 0 Å². The molecule has 0 atom stereocenters. The van der Waals surface area contributed by atoms with Crippen molar-refractivity contribution >= 4 is 16.7 Å². The predicted octanol–water partition coefficient (Wildman–Crippen LogP) is 3.39. The van der Waals surface area contributed by atoms with E-state index in [1.54, 1.807) is 0 Å². The summed E-state index contributed by atoms with van der Waals surface area (Å²) in [6, 6.07) is 14.3. The Hall–Kier alpha value is -2.29. The molecule has 0 bridgehead atoms. The smallest absolute Gasteiger partial charge is 0.225 e. The highest BCUT2D eigenvalue weighted by molar-refractivity contribution is 5.96. The molecule has 1 aromatic heterocycles. The highest BCUT2D eigenvalue weighted by Crippen LogP contribution is 2.31. The number of nitrogens with zero attached hydrogens (tertiary/aromatic N) is 1. The van der Waals surface area contributed by atoms with Crippen LogP contribution in [-0.2, 0) is 0 Å². The van der Waals surface area contributed by atoms with Crippen LogP contribution in [0.2, 0.25) is 0 Å². The Bertz CT molecular complexity index is 680. The number of fused-ring (bicyclic) bond motifs is 1. The lowest BCUT2D eigenvalue weighted by atomic mass is 10.0. The van der Waals surface area contributed by atoms with Crippen molar-refractivity contribution in [2.24, 2.45) is 0 Å². The number of anilines is 1. The first kappa shape index (κ1) is 9.90. The molecular formula is C14H12N2O. The fraction of sp³-hybridized carbons (Fsp3) is 0.0714. The highest BCUT2D eigenvalue weighted by atomic mass is 16.5. The van der Waals surface area contributed by atoms with Crippen LogP contribution < -0.4 is 5.73 Å². The summed E-state index contributed by atoms with van der Waals surface area (Å²) < 4.78 is 5.03. The first-order valence-corrected chi connectivity index (χ1v) is 5.47. The summed E-state index contributed by atoms with van der Waals surface area (Å²) >= 11 is 0.